The number of carbonyl (C=O) groups is 1. The van der Waals surface area contributed by atoms with Crippen LogP contribution in [-0.2, 0) is 23.7 Å². The van der Waals surface area contributed by atoms with Gasteiger partial charge in [0.1, 0.15) is 24.4 Å². The Hall–Kier alpha value is -0.730. The molecule has 0 spiro atoms. The van der Waals surface area contributed by atoms with Crippen LogP contribution in [0.5, 0.6) is 0 Å². The first-order chi connectivity index (χ1) is 8.39. The van der Waals surface area contributed by atoms with E-state index in [1.165, 1.54) is 7.11 Å². The molecule has 2 rings (SSSR count). The highest BCUT2D eigenvalue weighted by molar-refractivity contribution is 5.76. The number of carbonyl (C=O) groups excluding carboxylic acids is 1. The molecule has 0 bridgehead atoms. The fraction of sp³-hybridized carbons (Fsp3) is 0.909. The quantitative estimate of drug-likeness (QED) is 0.617. The second-order valence-electron chi connectivity index (χ2n) is 4.86. The van der Waals surface area contributed by atoms with Crippen molar-refractivity contribution in [1.82, 2.24) is 0 Å². The van der Waals surface area contributed by atoms with Crippen LogP contribution in [0.1, 0.15) is 13.8 Å². The van der Waals surface area contributed by atoms with E-state index < -0.39 is 48.9 Å². The van der Waals surface area contributed by atoms with E-state index in [1.807, 2.05) is 0 Å². The summed E-state index contributed by atoms with van der Waals surface area (Å²) in [6.07, 6.45) is -4.14. The smallest absolute Gasteiger partial charge is 0.337 e. The summed E-state index contributed by atoms with van der Waals surface area (Å²) in [5.74, 6) is -1.45. The molecule has 5 atom stereocenters. The van der Waals surface area contributed by atoms with Gasteiger partial charge in [-0.25, -0.2) is 4.79 Å². The van der Waals surface area contributed by atoms with Gasteiger partial charge in [-0.3, -0.25) is 0 Å². The van der Waals surface area contributed by atoms with Crippen molar-refractivity contribution in [3.63, 3.8) is 0 Å². The normalized spacial score (nSPS) is 39.4. The Morgan fingerprint density at radius 3 is 2.56 bits per heavy atom. The summed E-state index contributed by atoms with van der Waals surface area (Å²) >= 11 is 0. The minimum atomic E-state index is -1.13. The monoisotopic (exact) mass is 262 g/mol. The topological polar surface area (TPSA) is 94.5 Å². The molecule has 0 amide bonds. The third-order valence-electron chi connectivity index (χ3n) is 3.09. The van der Waals surface area contributed by atoms with Crippen molar-refractivity contribution in [3.8, 4) is 0 Å². The van der Waals surface area contributed by atoms with E-state index in [2.05, 4.69) is 4.74 Å². The Kier molecular flexibility index (Phi) is 3.61. The van der Waals surface area contributed by atoms with E-state index in [1.54, 1.807) is 13.8 Å². The van der Waals surface area contributed by atoms with Crippen molar-refractivity contribution in [2.45, 2.75) is 50.2 Å². The van der Waals surface area contributed by atoms with E-state index in [0.717, 1.165) is 0 Å². The number of esters is 1. The average molecular weight is 262 g/mol. The van der Waals surface area contributed by atoms with E-state index in [9.17, 15) is 9.90 Å². The van der Waals surface area contributed by atoms with Crippen LogP contribution in [-0.4, -0.2) is 66.2 Å². The Morgan fingerprint density at radius 2 is 2.00 bits per heavy atom. The van der Waals surface area contributed by atoms with Crippen molar-refractivity contribution in [2.75, 3.05) is 13.7 Å². The van der Waals surface area contributed by atoms with Crippen LogP contribution in [0.2, 0.25) is 0 Å². The summed E-state index contributed by atoms with van der Waals surface area (Å²) in [6, 6.07) is 0. The first-order valence-corrected chi connectivity index (χ1v) is 5.77. The number of methoxy groups -OCH3 is 1. The average Bonchev–Trinajstić information content (AvgIpc) is 2.80. The van der Waals surface area contributed by atoms with Gasteiger partial charge in [0.15, 0.2) is 11.9 Å². The molecule has 0 aromatic rings. The van der Waals surface area contributed by atoms with Gasteiger partial charge >= 0.3 is 5.97 Å². The van der Waals surface area contributed by atoms with Gasteiger partial charge < -0.3 is 29.2 Å². The lowest BCUT2D eigenvalue weighted by molar-refractivity contribution is -0.205. The first-order valence-electron chi connectivity index (χ1n) is 5.77. The van der Waals surface area contributed by atoms with Crippen molar-refractivity contribution in [1.29, 1.82) is 0 Å². The molecule has 0 aliphatic carbocycles. The number of aliphatic hydroxyl groups excluding tert-OH is 2. The lowest BCUT2D eigenvalue weighted by Crippen LogP contribution is -2.40. The van der Waals surface area contributed by atoms with E-state index in [0.29, 0.717) is 0 Å². The predicted octanol–water partition coefficient (Wildman–Crippen LogP) is -1.20. The maximum atomic E-state index is 11.6. The highest BCUT2D eigenvalue weighted by Gasteiger charge is 2.59. The number of hydrogen-bond donors (Lipinski definition) is 2. The summed E-state index contributed by atoms with van der Waals surface area (Å²) < 4.78 is 21.2. The van der Waals surface area contributed by atoms with Crippen molar-refractivity contribution in [2.24, 2.45) is 0 Å². The maximum Gasteiger partial charge on any atom is 0.337 e. The molecule has 0 aromatic heterocycles. The summed E-state index contributed by atoms with van der Waals surface area (Å²) in [7, 11) is 1.25. The molecule has 2 aliphatic rings. The predicted molar refractivity (Wildman–Crippen MR) is 57.6 cm³/mol. The molecule has 2 N–H and O–H groups in total. The molecule has 0 unspecified atom stereocenters. The highest BCUT2D eigenvalue weighted by Crippen LogP contribution is 2.39. The standard InChI is InChI=1S/C11H18O7/c1-11(2)17-7-6(5(13)4-12)16-9(8(7)18-11)10(14)15-3/h5-9,12-13H,4H2,1-3H3/t5-,6-,7+,8+,9-/m1/s1. The van der Waals surface area contributed by atoms with Crippen LogP contribution < -0.4 is 0 Å². The summed E-state index contributed by atoms with van der Waals surface area (Å²) in [5, 5.41) is 18.7. The molecule has 2 saturated heterocycles. The van der Waals surface area contributed by atoms with Crippen molar-refractivity contribution in [3.05, 3.63) is 0 Å². The second kappa shape index (κ2) is 4.75. The first kappa shape index (κ1) is 13.7. The third kappa shape index (κ3) is 2.24. The molecule has 104 valence electrons. The SMILES string of the molecule is COC(=O)[C@@H]1O[C@H]([C@H](O)CO)[C@@H]2OC(C)(C)O[C@@H]21. The van der Waals surface area contributed by atoms with E-state index in [-0.39, 0.29) is 0 Å². The molecule has 0 aromatic carbocycles. The van der Waals surface area contributed by atoms with E-state index >= 15 is 0 Å². The van der Waals surface area contributed by atoms with Crippen molar-refractivity contribution < 1.29 is 34.0 Å². The van der Waals surface area contributed by atoms with Crippen molar-refractivity contribution >= 4 is 5.97 Å². The lowest BCUT2D eigenvalue weighted by atomic mass is 10.0. The molecule has 7 nitrogen and oxygen atoms in total. The largest absolute Gasteiger partial charge is 0.467 e. The lowest BCUT2D eigenvalue weighted by Gasteiger charge is -2.25. The third-order valence-corrected chi connectivity index (χ3v) is 3.09. The molecule has 0 saturated carbocycles. The summed E-state index contributed by atoms with van der Waals surface area (Å²) in [6.45, 7) is 2.94. The molecule has 2 fully saturated rings. The minimum Gasteiger partial charge on any atom is -0.467 e. The molecule has 0 radical (unpaired) electrons. The van der Waals surface area contributed by atoms with Crippen LogP contribution >= 0.6 is 0 Å². The van der Waals surface area contributed by atoms with Gasteiger partial charge in [0, 0.05) is 0 Å². The maximum absolute atomic E-state index is 11.6. The van der Waals surface area contributed by atoms with Crippen LogP contribution in [0, 0.1) is 0 Å². The molecule has 18 heavy (non-hydrogen) atoms. The van der Waals surface area contributed by atoms with E-state index in [4.69, 9.17) is 19.3 Å². The number of aliphatic hydroxyl groups is 2. The Balaban J connectivity index is 2.20. The molecular formula is C11H18O7. The second-order valence-corrected chi connectivity index (χ2v) is 4.86. The number of fused-ring (bicyclic) bond motifs is 1. The van der Waals surface area contributed by atoms with Gasteiger partial charge in [-0.05, 0) is 13.8 Å². The van der Waals surface area contributed by atoms with Gasteiger partial charge in [-0.1, -0.05) is 0 Å². The number of rotatable bonds is 3. The molecule has 7 heteroatoms. The van der Waals surface area contributed by atoms with Gasteiger partial charge in [0.25, 0.3) is 0 Å². The van der Waals surface area contributed by atoms with Gasteiger partial charge in [-0.15, -0.1) is 0 Å². The van der Waals surface area contributed by atoms with Crippen LogP contribution in [0.15, 0.2) is 0 Å². The van der Waals surface area contributed by atoms with Gasteiger partial charge in [-0.2, -0.15) is 0 Å². The summed E-state index contributed by atoms with van der Waals surface area (Å²) in [4.78, 5) is 11.6. The Labute approximate surface area is 105 Å². The molecule has 2 heterocycles. The zero-order valence-electron chi connectivity index (χ0n) is 10.5. The van der Waals surface area contributed by atoms with Crippen LogP contribution in [0.25, 0.3) is 0 Å². The number of ether oxygens (including phenoxy) is 4. The minimum absolute atomic E-state index is 0.481. The zero-order valence-corrected chi connectivity index (χ0v) is 10.5. The van der Waals surface area contributed by atoms with Gasteiger partial charge in [0.2, 0.25) is 0 Å². The van der Waals surface area contributed by atoms with Gasteiger partial charge in [0.05, 0.1) is 13.7 Å². The Bertz CT molecular complexity index is 329. The zero-order chi connectivity index (χ0) is 13.5. The molecule has 2 aliphatic heterocycles. The van der Waals surface area contributed by atoms with Crippen LogP contribution in [0.3, 0.4) is 0 Å². The van der Waals surface area contributed by atoms with Crippen LogP contribution in [0.4, 0.5) is 0 Å². The Morgan fingerprint density at radius 1 is 1.39 bits per heavy atom. The molecular weight excluding hydrogens is 244 g/mol. The fourth-order valence-electron chi connectivity index (χ4n) is 2.35. The summed E-state index contributed by atoms with van der Waals surface area (Å²) in [5.41, 5.74) is 0. The number of hydrogen-bond acceptors (Lipinski definition) is 7. The highest BCUT2D eigenvalue weighted by atomic mass is 16.8. The fourth-order valence-corrected chi connectivity index (χ4v) is 2.35.